The topological polar surface area (TPSA) is 29.5 Å². The first-order valence-corrected chi connectivity index (χ1v) is 7.18. The van der Waals surface area contributed by atoms with Crippen molar-refractivity contribution >= 4 is 0 Å². The average Bonchev–Trinajstić information content (AvgIpc) is 2.39. The van der Waals surface area contributed by atoms with Crippen molar-refractivity contribution in [3.63, 3.8) is 0 Å². The molecule has 3 heteroatoms. The molecule has 2 aliphatic rings. The summed E-state index contributed by atoms with van der Waals surface area (Å²) in [7, 11) is 0. The van der Waals surface area contributed by atoms with E-state index in [0.29, 0.717) is 5.56 Å². The van der Waals surface area contributed by atoms with Crippen LogP contribution in [-0.2, 0) is 4.74 Å². The molecule has 0 aromatic heterocycles. The smallest absolute Gasteiger partial charge is 0.126 e. The second kappa shape index (κ2) is 4.88. The third kappa shape index (κ3) is 2.41. The van der Waals surface area contributed by atoms with Crippen LogP contribution in [0, 0.1) is 18.7 Å². The fraction of sp³-hybridized carbons (Fsp3) is 0.625. The summed E-state index contributed by atoms with van der Waals surface area (Å²) in [5.74, 6) is 0.0253. The minimum absolute atomic E-state index is 0.0406. The van der Waals surface area contributed by atoms with Crippen LogP contribution in [-0.4, -0.2) is 17.3 Å². The maximum absolute atomic E-state index is 13.3. The number of aliphatic hydroxyl groups is 1. The number of aliphatic hydroxyl groups excluding tert-OH is 1. The third-order valence-corrected chi connectivity index (χ3v) is 4.77. The molecule has 2 nitrogen and oxygen atoms in total. The minimum Gasteiger partial charge on any atom is -0.388 e. The lowest BCUT2D eigenvalue weighted by Crippen LogP contribution is -2.46. The van der Waals surface area contributed by atoms with E-state index in [9.17, 15) is 9.50 Å². The Morgan fingerprint density at radius 1 is 1.42 bits per heavy atom. The second-order valence-electron chi connectivity index (χ2n) is 6.09. The molecular weight excluding hydrogens is 243 g/mol. The van der Waals surface area contributed by atoms with E-state index < -0.39 is 6.10 Å². The Hall–Kier alpha value is -0.930. The highest BCUT2D eigenvalue weighted by molar-refractivity contribution is 5.26. The van der Waals surface area contributed by atoms with Gasteiger partial charge in [0.2, 0.25) is 0 Å². The monoisotopic (exact) mass is 264 g/mol. The van der Waals surface area contributed by atoms with Crippen molar-refractivity contribution < 1.29 is 14.2 Å². The average molecular weight is 264 g/mol. The maximum atomic E-state index is 13.3. The summed E-state index contributed by atoms with van der Waals surface area (Å²) in [5, 5.41) is 10.5. The van der Waals surface area contributed by atoms with Crippen molar-refractivity contribution in [3.05, 3.63) is 35.1 Å². The highest BCUT2D eigenvalue weighted by Gasteiger charge is 2.44. The first kappa shape index (κ1) is 13.1. The molecule has 19 heavy (non-hydrogen) atoms. The van der Waals surface area contributed by atoms with Gasteiger partial charge in [-0.15, -0.1) is 0 Å². The third-order valence-electron chi connectivity index (χ3n) is 4.77. The summed E-state index contributed by atoms with van der Waals surface area (Å²) in [4.78, 5) is 0. The maximum Gasteiger partial charge on any atom is 0.126 e. The molecule has 1 saturated heterocycles. The highest BCUT2D eigenvalue weighted by Crippen LogP contribution is 2.47. The molecule has 2 fully saturated rings. The van der Waals surface area contributed by atoms with E-state index in [1.807, 2.05) is 0 Å². The summed E-state index contributed by atoms with van der Waals surface area (Å²) in [6.07, 6.45) is 4.81. The molecule has 1 aromatic carbocycles. The van der Waals surface area contributed by atoms with Gasteiger partial charge in [0.05, 0.1) is 11.7 Å². The van der Waals surface area contributed by atoms with E-state index in [0.717, 1.165) is 37.9 Å². The van der Waals surface area contributed by atoms with E-state index in [-0.39, 0.29) is 17.3 Å². The zero-order valence-electron chi connectivity index (χ0n) is 11.4. The van der Waals surface area contributed by atoms with Gasteiger partial charge in [-0.3, -0.25) is 0 Å². The van der Waals surface area contributed by atoms with Crippen molar-refractivity contribution in [1.82, 2.24) is 0 Å². The predicted molar refractivity (Wildman–Crippen MR) is 71.4 cm³/mol. The van der Waals surface area contributed by atoms with Crippen molar-refractivity contribution in [1.29, 1.82) is 0 Å². The normalized spacial score (nSPS) is 27.0. The molecule has 1 saturated carbocycles. The van der Waals surface area contributed by atoms with Gasteiger partial charge in [0.1, 0.15) is 5.82 Å². The van der Waals surface area contributed by atoms with Crippen LogP contribution in [0.1, 0.15) is 49.3 Å². The zero-order valence-corrected chi connectivity index (χ0v) is 11.4. The van der Waals surface area contributed by atoms with Crippen LogP contribution in [0.5, 0.6) is 0 Å². The number of rotatable bonds is 2. The number of hydrogen-bond acceptors (Lipinski definition) is 2. The molecule has 0 bridgehead atoms. The fourth-order valence-electron chi connectivity index (χ4n) is 3.38. The molecule has 1 heterocycles. The molecule has 1 N–H and O–H groups in total. The summed E-state index contributed by atoms with van der Waals surface area (Å²) >= 11 is 0. The molecule has 2 unspecified atom stereocenters. The SMILES string of the molecule is Cc1cc(C(O)C2CCOC3(CCC3)C2)ccc1F. The van der Waals surface area contributed by atoms with Crippen molar-refractivity contribution in [3.8, 4) is 0 Å². The molecule has 104 valence electrons. The van der Waals surface area contributed by atoms with Crippen LogP contribution in [0.25, 0.3) is 0 Å². The van der Waals surface area contributed by atoms with Crippen molar-refractivity contribution in [2.24, 2.45) is 5.92 Å². The second-order valence-corrected chi connectivity index (χ2v) is 6.09. The Morgan fingerprint density at radius 2 is 2.21 bits per heavy atom. The van der Waals surface area contributed by atoms with Crippen molar-refractivity contribution in [2.75, 3.05) is 6.61 Å². The lowest BCUT2D eigenvalue weighted by molar-refractivity contribution is -0.157. The lowest BCUT2D eigenvalue weighted by atomic mass is 9.70. The van der Waals surface area contributed by atoms with Gasteiger partial charge in [-0.2, -0.15) is 0 Å². The van der Waals surface area contributed by atoms with Gasteiger partial charge in [-0.25, -0.2) is 4.39 Å². The van der Waals surface area contributed by atoms with Gasteiger partial charge in [-0.1, -0.05) is 12.1 Å². The Labute approximate surface area is 113 Å². The number of hydrogen-bond donors (Lipinski definition) is 1. The zero-order chi connectivity index (χ0) is 13.5. The molecule has 3 rings (SSSR count). The molecule has 2 atom stereocenters. The standard InChI is InChI=1S/C16H21FO2/c1-11-9-12(3-4-14(11)17)15(18)13-5-8-19-16(10-13)6-2-7-16/h3-4,9,13,15,18H,2,5-8,10H2,1H3. The van der Waals surface area contributed by atoms with E-state index >= 15 is 0 Å². The lowest BCUT2D eigenvalue weighted by Gasteiger charge is -2.48. The molecule has 1 aliphatic carbocycles. The molecule has 1 aliphatic heterocycles. The first-order chi connectivity index (χ1) is 9.10. The Kier molecular flexibility index (Phi) is 3.35. The van der Waals surface area contributed by atoms with Crippen molar-refractivity contribution in [2.45, 2.75) is 50.7 Å². The summed E-state index contributed by atoms with van der Waals surface area (Å²) < 4.78 is 19.2. The van der Waals surface area contributed by atoms with E-state index in [4.69, 9.17) is 4.74 Å². The van der Waals surface area contributed by atoms with Crippen LogP contribution >= 0.6 is 0 Å². The minimum atomic E-state index is -0.499. The molecule has 1 spiro atoms. The van der Waals surface area contributed by atoms with Gasteiger partial charge in [0, 0.05) is 6.61 Å². The number of halogens is 1. The van der Waals surface area contributed by atoms with Gasteiger partial charge in [-0.05, 0) is 62.1 Å². The summed E-state index contributed by atoms with van der Waals surface area (Å²) in [5.41, 5.74) is 1.47. The Morgan fingerprint density at radius 3 is 2.84 bits per heavy atom. The largest absolute Gasteiger partial charge is 0.388 e. The number of ether oxygens (including phenoxy) is 1. The Bertz CT molecular complexity index is 468. The van der Waals surface area contributed by atoms with Crippen LogP contribution < -0.4 is 0 Å². The van der Waals surface area contributed by atoms with E-state index in [1.165, 1.54) is 12.5 Å². The predicted octanol–water partition coefficient (Wildman–Crippen LogP) is 3.52. The van der Waals surface area contributed by atoms with Crippen LogP contribution in [0.4, 0.5) is 4.39 Å². The Balaban J connectivity index is 1.75. The van der Waals surface area contributed by atoms with E-state index in [2.05, 4.69) is 0 Å². The van der Waals surface area contributed by atoms with Crippen LogP contribution in [0.3, 0.4) is 0 Å². The molecule has 0 amide bonds. The fourth-order valence-corrected chi connectivity index (χ4v) is 3.38. The van der Waals surface area contributed by atoms with Gasteiger partial charge >= 0.3 is 0 Å². The van der Waals surface area contributed by atoms with Gasteiger partial charge < -0.3 is 9.84 Å². The van der Waals surface area contributed by atoms with E-state index in [1.54, 1.807) is 19.1 Å². The van der Waals surface area contributed by atoms with Gasteiger partial charge in [0.15, 0.2) is 0 Å². The van der Waals surface area contributed by atoms with Crippen LogP contribution in [0.2, 0.25) is 0 Å². The quantitative estimate of drug-likeness (QED) is 0.885. The highest BCUT2D eigenvalue weighted by atomic mass is 19.1. The number of aryl methyl sites for hydroxylation is 1. The van der Waals surface area contributed by atoms with Gasteiger partial charge in [0.25, 0.3) is 0 Å². The summed E-state index contributed by atoms with van der Waals surface area (Å²) in [6.45, 7) is 2.48. The molecule has 1 aromatic rings. The summed E-state index contributed by atoms with van der Waals surface area (Å²) in [6, 6.07) is 4.92. The number of benzene rings is 1. The molecular formula is C16H21FO2. The first-order valence-electron chi connectivity index (χ1n) is 7.18. The molecule has 0 radical (unpaired) electrons. The van der Waals surface area contributed by atoms with Crippen LogP contribution in [0.15, 0.2) is 18.2 Å².